The summed E-state index contributed by atoms with van der Waals surface area (Å²) in [7, 11) is 0. The van der Waals surface area contributed by atoms with Crippen LogP contribution < -0.4 is 14.8 Å². The van der Waals surface area contributed by atoms with Crippen LogP contribution in [-0.2, 0) is 4.79 Å². The van der Waals surface area contributed by atoms with E-state index in [0.717, 1.165) is 28.3 Å². The van der Waals surface area contributed by atoms with Crippen molar-refractivity contribution in [3.05, 3.63) is 65.6 Å². The van der Waals surface area contributed by atoms with Gasteiger partial charge in [0.15, 0.2) is 5.13 Å². The molecule has 0 saturated heterocycles. The Hall–Kier alpha value is -3.12. The van der Waals surface area contributed by atoms with Crippen molar-refractivity contribution in [2.45, 2.75) is 13.8 Å². The number of ether oxygens (including phenoxy) is 2. The molecule has 28 heavy (non-hydrogen) atoms. The summed E-state index contributed by atoms with van der Waals surface area (Å²) in [5.41, 5.74) is 2.61. The number of thiazole rings is 1. The number of anilines is 1. The summed E-state index contributed by atoms with van der Waals surface area (Å²) in [6.07, 6.45) is 3.24. The first-order chi connectivity index (χ1) is 13.7. The molecule has 0 unspecified atom stereocenters. The lowest BCUT2D eigenvalue weighted by Crippen LogP contribution is -2.07. The van der Waals surface area contributed by atoms with Gasteiger partial charge < -0.3 is 9.47 Å². The number of carbonyl (C=O) groups is 1. The minimum Gasteiger partial charge on any atom is -0.494 e. The van der Waals surface area contributed by atoms with Crippen LogP contribution >= 0.6 is 11.3 Å². The van der Waals surface area contributed by atoms with Gasteiger partial charge in [0, 0.05) is 17.0 Å². The smallest absolute Gasteiger partial charge is 0.250 e. The molecule has 2 aromatic carbocycles. The third-order valence-corrected chi connectivity index (χ3v) is 4.57. The second-order valence-corrected chi connectivity index (χ2v) is 6.65. The van der Waals surface area contributed by atoms with Gasteiger partial charge in [-0.3, -0.25) is 10.1 Å². The van der Waals surface area contributed by atoms with Crippen molar-refractivity contribution in [2.24, 2.45) is 0 Å². The highest BCUT2D eigenvalue weighted by Gasteiger charge is 2.10. The summed E-state index contributed by atoms with van der Waals surface area (Å²) in [5, 5.41) is 5.25. The second kappa shape index (κ2) is 9.71. The molecule has 0 spiro atoms. The number of nitrogens with one attached hydrogen (secondary N) is 1. The first-order valence-corrected chi connectivity index (χ1v) is 9.97. The van der Waals surface area contributed by atoms with Crippen molar-refractivity contribution in [3.8, 4) is 22.8 Å². The molecule has 1 heterocycles. The predicted octanol–water partition coefficient (Wildman–Crippen LogP) is 5.26. The van der Waals surface area contributed by atoms with Gasteiger partial charge in [0.05, 0.1) is 18.9 Å². The lowest BCUT2D eigenvalue weighted by Gasteiger charge is -2.07. The predicted molar refractivity (Wildman–Crippen MR) is 114 cm³/mol. The van der Waals surface area contributed by atoms with E-state index < -0.39 is 0 Å². The van der Waals surface area contributed by atoms with Crippen LogP contribution in [0.3, 0.4) is 0 Å². The Kier molecular flexibility index (Phi) is 6.81. The quantitative estimate of drug-likeness (QED) is 0.530. The highest BCUT2D eigenvalue weighted by molar-refractivity contribution is 7.14. The maximum absolute atomic E-state index is 12.2. The molecule has 0 saturated carbocycles. The number of nitrogens with zero attached hydrogens (tertiary/aromatic N) is 1. The number of hydrogen-bond acceptors (Lipinski definition) is 5. The van der Waals surface area contributed by atoms with Crippen LogP contribution in [0.15, 0.2) is 60.0 Å². The van der Waals surface area contributed by atoms with E-state index in [4.69, 9.17) is 9.47 Å². The largest absolute Gasteiger partial charge is 0.494 e. The van der Waals surface area contributed by atoms with Crippen LogP contribution in [0.5, 0.6) is 11.5 Å². The fraction of sp³-hybridized carbons (Fsp3) is 0.182. The SMILES string of the molecule is CCOc1ccc(/C=C/C(=O)Nc2nc(-c3ccccc3OCC)cs2)cc1. The van der Waals surface area contributed by atoms with Gasteiger partial charge >= 0.3 is 0 Å². The molecule has 0 bridgehead atoms. The van der Waals surface area contributed by atoms with Gasteiger partial charge in [0.25, 0.3) is 0 Å². The number of benzene rings is 2. The Morgan fingerprint density at radius 1 is 1.07 bits per heavy atom. The highest BCUT2D eigenvalue weighted by Crippen LogP contribution is 2.32. The summed E-state index contributed by atoms with van der Waals surface area (Å²) in [6, 6.07) is 15.3. The van der Waals surface area contributed by atoms with Gasteiger partial charge in [0.2, 0.25) is 5.91 Å². The molecular formula is C22H22N2O3S. The van der Waals surface area contributed by atoms with Crippen LogP contribution in [0.4, 0.5) is 5.13 Å². The Morgan fingerprint density at radius 2 is 1.82 bits per heavy atom. The molecule has 5 nitrogen and oxygen atoms in total. The maximum atomic E-state index is 12.2. The molecule has 3 rings (SSSR count). The maximum Gasteiger partial charge on any atom is 0.250 e. The van der Waals surface area contributed by atoms with Gasteiger partial charge in [-0.1, -0.05) is 24.3 Å². The van der Waals surface area contributed by atoms with E-state index >= 15 is 0 Å². The van der Waals surface area contributed by atoms with Crippen molar-refractivity contribution in [1.82, 2.24) is 4.98 Å². The number of rotatable bonds is 8. The summed E-state index contributed by atoms with van der Waals surface area (Å²) in [6.45, 7) is 5.10. The molecule has 0 radical (unpaired) electrons. The molecule has 3 aromatic rings. The molecule has 0 atom stereocenters. The van der Waals surface area contributed by atoms with Gasteiger partial charge in [-0.05, 0) is 49.8 Å². The van der Waals surface area contributed by atoms with Gasteiger partial charge in [-0.25, -0.2) is 4.98 Å². The van der Waals surface area contributed by atoms with Gasteiger partial charge in [0.1, 0.15) is 11.5 Å². The zero-order valence-corrected chi connectivity index (χ0v) is 16.7. The fourth-order valence-corrected chi connectivity index (χ4v) is 3.29. The molecule has 0 aliphatic heterocycles. The van der Waals surface area contributed by atoms with Crippen molar-refractivity contribution < 1.29 is 14.3 Å². The molecule has 6 heteroatoms. The molecule has 0 aliphatic carbocycles. The van der Waals surface area contributed by atoms with Crippen molar-refractivity contribution >= 4 is 28.5 Å². The van der Waals surface area contributed by atoms with E-state index in [1.165, 1.54) is 17.4 Å². The lowest BCUT2D eigenvalue weighted by atomic mass is 10.1. The summed E-state index contributed by atoms with van der Waals surface area (Å²) < 4.78 is 11.1. The summed E-state index contributed by atoms with van der Waals surface area (Å²) in [5.74, 6) is 1.36. The first-order valence-electron chi connectivity index (χ1n) is 9.09. The van der Waals surface area contributed by atoms with Crippen molar-refractivity contribution in [2.75, 3.05) is 18.5 Å². The van der Waals surface area contributed by atoms with Crippen LogP contribution in [-0.4, -0.2) is 24.1 Å². The molecular weight excluding hydrogens is 372 g/mol. The Morgan fingerprint density at radius 3 is 2.57 bits per heavy atom. The van der Waals surface area contributed by atoms with Crippen LogP contribution in [0.1, 0.15) is 19.4 Å². The standard InChI is InChI=1S/C22H22N2O3S/c1-3-26-17-12-9-16(10-13-17)11-14-21(25)24-22-23-19(15-28-22)18-7-5-6-8-20(18)27-4-2/h5-15H,3-4H2,1-2H3,(H,23,24,25)/b14-11+. The average Bonchev–Trinajstić information content (AvgIpc) is 3.16. The van der Waals surface area contributed by atoms with E-state index in [-0.39, 0.29) is 5.91 Å². The number of aromatic nitrogens is 1. The summed E-state index contributed by atoms with van der Waals surface area (Å²) >= 11 is 1.38. The molecule has 0 aliphatic rings. The van der Waals surface area contributed by atoms with E-state index in [2.05, 4.69) is 10.3 Å². The Balaban J connectivity index is 1.64. The average molecular weight is 394 g/mol. The van der Waals surface area contributed by atoms with Gasteiger partial charge in [-0.2, -0.15) is 0 Å². The zero-order chi connectivity index (χ0) is 19.8. The lowest BCUT2D eigenvalue weighted by molar-refractivity contribution is -0.111. The second-order valence-electron chi connectivity index (χ2n) is 5.79. The van der Waals surface area contributed by atoms with Crippen LogP contribution in [0, 0.1) is 0 Å². The summed E-state index contributed by atoms with van der Waals surface area (Å²) in [4.78, 5) is 16.7. The number of para-hydroxylation sites is 1. The van der Waals surface area contributed by atoms with Crippen LogP contribution in [0.2, 0.25) is 0 Å². The minimum atomic E-state index is -0.229. The molecule has 1 N–H and O–H groups in total. The number of hydrogen-bond donors (Lipinski definition) is 1. The third kappa shape index (κ3) is 5.20. The topological polar surface area (TPSA) is 60.5 Å². The molecule has 1 amide bonds. The molecule has 0 fully saturated rings. The normalized spacial score (nSPS) is 10.8. The molecule has 1 aromatic heterocycles. The van der Waals surface area contributed by atoms with E-state index in [1.807, 2.05) is 67.8 Å². The van der Waals surface area contributed by atoms with Crippen LogP contribution in [0.25, 0.3) is 17.3 Å². The Bertz CT molecular complexity index is 948. The van der Waals surface area contributed by atoms with E-state index in [9.17, 15) is 4.79 Å². The highest BCUT2D eigenvalue weighted by atomic mass is 32.1. The zero-order valence-electron chi connectivity index (χ0n) is 15.8. The Labute approximate surface area is 168 Å². The third-order valence-electron chi connectivity index (χ3n) is 3.82. The van der Waals surface area contributed by atoms with Crippen molar-refractivity contribution in [3.63, 3.8) is 0 Å². The fourth-order valence-electron chi connectivity index (χ4n) is 2.58. The molecule has 144 valence electrons. The van der Waals surface area contributed by atoms with E-state index in [1.54, 1.807) is 6.08 Å². The number of amides is 1. The number of carbonyl (C=O) groups excluding carboxylic acids is 1. The van der Waals surface area contributed by atoms with Gasteiger partial charge in [-0.15, -0.1) is 11.3 Å². The minimum absolute atomic E-state index is 0.229. The monoisotopic (exact) mass is 394 g/mol. The van der Waals surface area contributed by atoms with Crippen molar-refractivity contribution in [1.29, 1.82) is 0 Å². The van der Waals surface area contributed by atoms with E-state index in [0.29, 0.717) is 18.3 Å². The first kappa shape index (κ1) is 19.6.